The zero-order valence-electron chi connectivity index (χ0n) is 18.7. The van der Waals surface area contributed by atoms with Gasteiger partial charge in [0.15, 0.2) is 6.10 Å². The number of ether oxygens (including phenoxy) is 2. The number of alkyl carbamates (subject to hydrolysis) is 1. The van der Waals surface area contributed by atoms with Crippen LogP contribution >= 0.6 is 0 Å². The Bertz CT molecular complexity index is 1050. The van der Waals surface area contributed by atoms with Crippen molar-refractivity contribution in [3.05, 3.63) is 59.7 Å². The molecule has 2 aliphatic carbocycles. The summed E-state index contributed by atoms with van der Waals surface area (Å²) in [6, 6.07) is 14.7. The molecule has 2 aromatic rings. The predicted molar refractivity (Wildman–Crippen MR) is 123 cm³/mol. The first-order chi connectivity index (χ1) is 16.5. The molecule has 5 rings (SSSR count). The number of rotatable bonds is 8. The van der Waals surface area contributed by atoms with E-state index in [9.17, 15) is 19.5 Å². The number of carboxylic acids is 1. The van der Waals surface area contributed by atoms with Crippen molar-refractivity contribution in [2.75, 3.05) is 13.2 Å². The first-order valence-electron chi connectivity index (χ1n) is 11.8. The number of benzene rings is 2. The summed E-state index contributed by atoms with van der Waals surface area (Å²) in [4.78, 5) is 36.8. The molecule has 34 heavy (non-hydrogen) atoms. The first kappa shape index (κ1) is 22.4. The van der Waals surface area contributed by atoms with E-state index in [1.54, 1.807) is 0 Å². The number of aliphatic carboxylic acids is 1. The highest BCUT2D eigenvalue weighted by Crippen LogP contribution is 2.44. The Balaban J connectivity index is 1.18. The van der Waals surface area contributed by atoms with Gasteiger partial charge >= 0.3 is 12.1 Å². The summed E-state index contributed by atoms with van der Waals surface area (Å²) < 4.78 is 11.1. The number of fused-ring (bicyclic) bond motifs is 3. The van der Waals surface area contributed by atoms with Gasteiger partial charge < -0.3 is 25.2 Å². The summed E-state index contributed by atoms with van der Waals surface area (Å²) in [6.07, 6.45) is 1.28. The fraction of sp³-hybridized carbons (Fsp3) is 0.423. The van der Waals surface area contributed by atoms with Gasteiger partial charge in [-0.25, -0.2) is 9.59 Å². The van der Waals surface area contributed by atoms with Crippen molar-refractivity contribution in [3.63, 3.8) is 0 Å². The molecule has 2 amide bonds. The van der Waals surface area contributed by atoms with E-state index < -0.39 is 36.2 Å². The van der Waals surface area contributed by atoms with E-state index in [0.717, 1.165) is 35.1 Å². The van der Waals surface area contributed by atoms with Gasteiger partial charge in [0, 0.05) is 12.5 Å². The SMILES string of the molecule is O=C(N[C@@H]1CCO[C@@H]1C(=O)NC(CC1CC1)C(=O)O)OCC1c2ccccc2-c2ccccc21. The van der Waals surface area contributed by atoms with Crippen LogP contribution in [0.1, 0.15) is 42.7 Å². The Kier molecular flexibility index (Phi) is 6.24. The molecule has 0 spiro atoms. The molecule has 1 saturated carbocycles. The number of carbonyl (C=O) groups is 3. The molecule has 2 fully saturated rings. The maximum atomic E-state index is 12.7. The van der Waals surface area contributed by atoms with Crippen LogP contribution in [0.5, 0.6) is 0 Å². The molecule has 0 radical (unpaired) electrons. The smallest absolute Gasteiger partial charge is 0.407 e. The lowest BCUT2D eigenvalue weighted by molar-refractivity contribution is -0.144. The van der Waals surface area contributed by atoms with Gasteiger partial charge in [0.05, 0.1) is 6.04 Å². The van der Waals surface area contributed by atoms with E-state index in [-0.39, 0.29) is 12.5 Å². The molecule has 8 heteroatoms. The standard InChI is InChI=1S/C26H28N2O6/c29-24(27-22(25(30)31)13-15-9-10-15)23-21(11-12-33-23)28-26(32)34-14-20-18-7-3-1-5-16(18)17-6-2-4-8-19(17)20/h1-8,15,20-23H,9-14H2,(H,27,29)(H,28,32)(H,30,31)/t21-,22?,23+/m1/s1. The van der Waals surface area contributed by atoms with Crippen LogP contribution in [0.3, 0.4) is 0 Å². The first-order valence-corrected chi connectivity index (χ1v) is 11.8. The summed E-state index contributed by atoms with van der Waals surface area (Å²) in [5.41, 5.74) is 4.53. The van der Waals surface area contributed by atoms with Crippen LogP contribution in [0.2, 0.25) is 0 Å². The van der Waals surface area contributed by atoms with Crippen LogP contribution in [0.4, 0.5) is 4.79 Å². The van der Waals surface area contributed by atoms with E-state index >= 15 is 0 Å². The third kappa shape index (κ3) is 4.63. The minimum atomic E-state index is -1.06. The molecule has 1 aliphatic heterocycles. The molecule has 0 bridgehead atoms. The lowest BCUT2D eigenvalue weighted by Gasteiger charge is -2.22. The van der Waals surface area contributed by atoms with Crippen molar-refractivity contribution in [1.82, 2.24) is 10.6 Å². The summed E-state index contributed by atoms with van der Waals surface area (Å²) in [5, 5.41) is 14.7. The van der Waals surface area contributed by atoms with Crippen LogP contribution in [0, 0.1) is 5.92 Å². The molecule has 1 heterocycles. The topological polar surface area (TPSA) is 114 Å². The molecule has 3 atom stereocenters. The second kappa shape index (κ2) is 9.46. The number of amides is 2. The van der Waals surface area contributed by atoms with E-state index in [1.807, 2.05) is 36.4 Å². The average molecular weight is 465 g/mol. The van der Waals surface area contributed by atoms with E-state index in [4.69, 9.17) is 9.47 Å². The zero-order valence-corrected chi connectivity index (χ0v) is 18.7. The molecule has 178 valence electrons. The monoisotopic (exact) mass is 464 g/mol. The van der Waals surface area contributed by atoms with Gasteiger partial charge in [0.25, 0.3) is 5.91 Å². The molecule has 3 N–H and O–H groups in total. The lowest BCUT2D eigenvalue weighted by atomic mass is 9.98. The van der Waals surface area contributed by atoms with Crippen LogP contribution in [-0.4, -0.2) is 54.5 Å². The minimum absolute atomic E-state index is 0.0594. The van der Waals surface area contributed by atoms with E-state index in [0.29, 0.717) is 25.4 Å². The Labute approximate surface area is 197 Å². The summed E-state index contributed by atoms with van der Waals surface area (Å²) >= 11 is 0. The molecule has 1 unspecified atom stereocenters. The second-order valence-corrected chi connectivity index (χ2v) is 9.23. The Morgan fingerprint density at radius 1 is 1.00 bits per heavy atom. The normalized spacial score (nSPS) is 21.9. The highest BCUT2D eigenvalue weighted by molar-refractivity contribution is 5.87. The van der Waals surface area contributed by atoms with Gasteiger partial charge in [-0.15, -0.1) is 0 Å². The molecule has 1 saturated heterocycles. The van der Waals surface area contributed by atoms with Gasteiger partial charge in [-0.05, 0) is 41.0 Å². The van der Waals surface area contributed by atoms with E-state index in [2.05, 4.69) is 22.8 Å². The molecular weight excluding hydrogens is 436 g/mol. The quantitative estimate of drug-likeness (QED) is 0.553. The van der Waals surface area contributed by atoms with Crippen LogP contribution in [0.25, 0.3) is 11.1 Å². The third-order valence-corrected chi connectivity index (χ3v) is 6.88. The summed E-state index contributed by atoms with van der Waals surface area (Å²) in [6.45, 7) is 0.472. The Morgan fingerprint density at radius 2 is 1.65 bits per heavy atom. The van der Waals surface area contributed by atoms with Crippen molar-refractivity contribution >= 4 is 18.0 Å². The largest absolute Gasteiger partial charge is 0.480 e. The molecule has 2 aromatic carbocycles. The maximum absolute atomic E-state index is 12.7. The second-order valence-electron chi connectivity index (χ2n) is 9.23. The van der Waals surface area contributed by atoms with Crippen LogP contribution < -0.4 is 10.6 Å². The fourth-order valence-corrected chi connectivity index (χ4v) is 4.95. The predicted octanol–water partition coefficient (Wildman–Crippen LogP) is 3.05. The highest BCUT2D eigenvalue weighted by Gasteiger charge is 2.39. The van der Waals surface area contributed by atoms with Gasteiger partial charge in [-0.3, -0.25) is 4.79 Å². The number of carboxylic acid groups (broad SMARTS) is 1. The minimum Gasteiger partial charge on any atom is -0.480 e. The number of nitrogens with one attached hydrogen (secondary N) is 2. The summed E-state index contributed by atoms with van der Waals surface area (Å²) in [7, 11) is 0. The summed E-state index contributed by atoms with van der Waals surface area (Å²) in [5.74, 6) is -1.29. The van der Waals surface area contributed by atoms with Crippen LogP contribution in [0.15, 0.2) is 48.5 Å². The fourth-order valence-electron chi connectivity index (χ4n) is 4.95. The molecular formula is C26H28N2O6. The average Bonchev–Trinajstić information content (AvgIpc) is 3.43. The van der Waals surface area contributed by atoms with Gasteiger partial charge in [-0.2, -0.15) is 0 Å². The van der Waals surface area contributed by atoms with Crippen LogP contribution in [-0.2, 0) is 19.1 Å². The van der Waals surface area contributed by atoms with Crippen molar-refractivity contribution in [1.29, 1.82) is 0 Å². The number of hydrogen-bond donors (Lipinski definition) is 3. The van der Waals surface area contributed by atoms with Crippen molar-refractivity contribution in [2.45, 2.75) is 49.8 Å². The van der Waals surface area contributed by atoms with Gasteiger partial charge in [0.2, 0.25) is 0 Å². The van der Waals surface area contributed by atoms with Crippen molar-refractivity contribution < 1.29 is 29.0 Å². The lowest BCUT2D eigenvalue weighted by Crippen LogP contribution is -2.52. The third-order valence-electron chi connectivity index (χ3n) is 6.88. The molecule has 0 aromatic heterocycles. The Hall–Kier alpha value is -3.39. The highest BCUT2D eigenvalue weighted by atomic mass is 16.6. The maximum Gasteiger partial charge on any atom is 0.407 e. The molecule has 8 nitrogen and oxygen atoms in total. The Morgan fingerprint density at radius 3 is 2.26 bits per heavy atom. The van der Waals surface area contributed by atoms with Crippen molar-refractivity contribution in [3.8, 4) is 11.1 Å². The number of carbonyl (C=O) groups excluding carboxylic acids is 2. The molecule has 3 aliphatic rings. The van der Waals surface area contributed by atoms with E-state index in [1.165, 1.54) is 0 Å². The zero-order chi connectivity index (χ0) is 23.7. The van der Waals surface area contributed by atoms with Gasteiger partial charge in [-0.1, -0.05) is 61.4 Å². The van der Waals surface area contributed by atoms with Crippen molar-refractivity contribution in [2.24, 2.45) is 5.92 Å². The van der Waals surface area contributed by atoms with Gasteiger partial charge in [0.1, 0.15) is 12.6 Å². The number of hydrogen-bond acceptors (Lipinski definition) is 5.